The summed E-state index contributed by atoms with van der Waals surface area (Å²) >= 11 is 0. The van der Waals surface area contributed by atoms with Gasteiger partial charge in [0.1, 0.15) is 11.4 Å². The molecule has 0 fully saturated rings. The average Bonchev–Trinajstić information content (AvgIpc) is 2.53. The van der Waals surface area contributed by atoms with E-state index in [2.05, 4.69) is 20.8 Å². The first kappa shape index (κ1) is 20.1. The molecule has 0 aromatic heterocycles. The zero-order chi connectivity index (χ0) is 16.8. The molecule has 0 spiro atoms. The van der Waals surface area contributed by atoms with Crippen LogP contribution in [0.3, 0.4) is 0 Å². The van der Waals surface area contributed by atoms with Gasteiger partial charge in [0.05, 0.1) is 0 Å². The fourth-order valence-corrected chi connectivity index (χ4v) is 3.07. The lowest BCUT2D eigenvalue weighted by molar-refractivity contribution is 0.0960. The van der Waals surface area contributed by atoms with Crippen molar-refractivity contribution in [2.45, 2.75) is 103 Å². The predicted octanol–water partition coefficient (Wildman–Crippen LogP) is 7.55. The summed E-state index contributed by atoms with van der Waals surface area (Å²) < 4.78 is 6.09. The van der Waals surface area contributed by atoms with Gasteiger partial charge >= 0.3 is 0 Å². The van der Waals surface area contributed by atoms with E-state index >= 15 is 0 Å². The van der Waals surface area contributed by atoms with Crippen LogP contribution in [0.5, 0.6) is 5.75 Å². The van der Waals surface area contributed by atoms with Gasteiger partial charge in [0, 0.05) is 0 Å². The molecule has 1 nitrogen and oxygen atoms in total. The van der Waals surface area contributed by atoms with Crippen molar-refractivity contribution < 1.29 is 4.74 Å². The maximum Gasteiger partial charge on any atom is 0.120 e. The van der Waals surface area contributed by atoms with Gasteiger partial charge in [-0.2, -0.15) is 0 Å². The Morgan fingerprint density at radius 1 is 0.696 bits per heavy atom. The fourth-order valence-electron chi connectivity index (χ4n) is 3.07. The Labute approximate surface area is 144 Å². The molecule has 0 amide bonds. The van der Waals surface area contributed by atoms with Crippen LogP contribution in [0, 0.1) is 0 Å². The zero-order valence-electron chi connectivity index (χ0n) is 15.8. The molecule has 1 rings (SSSR count). The molecule has 0 unspecified atom stereocenters. The Hall–Kier alpha value is -0.980. The van der Waals surface area contributed by atoms with E-state index < -0.39 is 0 Å². The SMILES string of the molecule is CCCCCCCCCCCCCC(C)(C)Oc1ccccc1. The highest BCUT2D eigenvalue weighted by molar-refractivity contribution is 5.21. The van der Waals surface area contributed by atoms with E-state index in [0.717, 1.165) is 12.2 Å². The molecule has 0 N–H and O–H groups in total. The second kappa shape index (κ2) is 12.4. The molecule has 1 aromatic rings. The molecule has 0 bridgehead atoms. The van der Waals surface area contributed by atoms with Gasteiger partial charge in [-0.15, -0.1) is 0 Å². The van der Waals surface area contributed by atoms with E-state index in [1.54, 1.807) is 0 Å². The van der Waals surface area contributed by atoms with Crippen molar-refractivity contribution in [1.82, 2.24) is 0 Å². The first-order valence-corrected chi connectivity index (χ1v) is 9.88. The van der Waals surface area contributed by atoms with Gasteiger partial charge in [-0.1, -0.05) is 89.3 Å². The van der Waals surface area contributed by atoms with Crippen LogP contribution in [0.1, 0.15) is 97.8 Å². The molecular formula is C22H38O. The van der Waals surface area contributed by atoms with Crippen molar-refractivity contribution in [2.24, 2.45) is 0 Å². The number of hydrogen-bond donors (Lipinski definition) is 0. The lowest BCUT2D eigenvalue weighted by Gasteiger charge is -2.26. The minimum atomic E-state index is -0.0549. The van der Waals surface area contributed by atoms with E-state index in [-0.39, 0.29) is 5.60 Å². The molecular weight excluding hydrogens is 280 g/mol. The number of para-hydroxylation sites is 1. The van der Waals surface area contributed by atoms with Gasteiger partial charge in [-0.3, -0.25) is 0 Å². The third-order valence-corrected chi connectivity index (χ3v) is 4.52. The van der Waals surface area contributed by atoms with Crippen LogP contribution >= 0.6 is 0 Å². The molecule has 0 aliphatic heterocycles. The Kier molecular flexibility index (Phi) is 10.9. The number of unbranched alkanes of at least 4 members (excludes halogenated alkanes) is 10. The molecule has 0 saturated carbocycles. The van der Waals surface area contributed by atoms with Gasteiger partial charge < -0.3 is 4.74 Å². The lowest BCUT2D eigenvalue weighted by Crippen LogP contribution is -2.27. The van der Waals surface area contributed by atoms with Crippen LogP contribution in [0.4, 0.5) is 0 Å². The average molecular weight is 319 g/mol. The first-order valence-electron chi connectivity index (χ1n) is 9.88. The minimum absolute atomic E-state index is 0.0549. The molecule has 0 radical (unpaired) electrons. The third-order valence-electron chi connectivity index (χ3n) is 4.52. The number of ether oxygens (including phenoxy) is 1. The molecule has 1 aromatic carbocycles. The van der Waals surface area contributed by atoms with Crippen LogP contribution < -0.4 is 4.74 Å². The summed E-state index contributed by atoms with van der Waals surface area (Å²) in [7, 11) is 0. The molecule has 0 aliphatic carbocycles. The highest BCUT2D eigenvalue weighted by Crippen LogP contribution is 2.23. The van der Waals surface area contributed by atoms with E-state index in [9.17, 15) is 0 Å². The van der Waals surface area contributed by atoms with E-state index in [4.69, 9.17) is 4.74 Å². The van der Waals surface area contributed by atoms with E-state index in [0.29, 0.717) is 0 Å². The van der Waals surface area contributed by atoms with Crippen LogP contribution in [-0.2, 0) is 0 Å². The quantitative estimate of drug-likeness (QED) is 0.322. The molecule has 0 atom stereocenters. The number of benzene rings is 1. The summed E-state index contributed by atoms with van der Waals surface area (Å²) in [4.78, 5) is 0. The van der Waals surface area contributed by atoms with Gasteiger partial charge in [-0.05, 0) is 38.8 Å². The number of hydrogen-bond acceptors (Lipinski definition) is 1. The Morgan fingerprint density at radius 2 is 1.17 bits per heavy atom. The van der Waals surface area contributed by atoms with Gasteiger partial charge in [0.2, 0.25) is 0 Å². The van der Waals surface area contributed by atoms with Crippen molar-refractivity contribution in [3.8, 4) is 5.75 Å². The highest BCUT2D eigenvalue weighted by atomic mass is 16.5. The fraction of sp³-hybridized carbons (Fsp3) is 0.727. The minimum Gasteiger partial charge on any atom is -0.488 e. The van der Waals surface area contributed by atoms with Crippen molar-refractivity contribution >= 4 is 0 Å². The summed E-state index contributed by atoms with van der Waals surface area (Å²) in [6.07, 6.45) is 16.5. The van der Waals surface area contributed by atoms with Gasteiger partial charge in [-0.25, -0.2) is 0 Å². The van der Waals surface area contributed by atoms with Crippen LogP contribution in [0.2, 0.25) is 0 Å². The smallest absolute Gasteiger partial charge is 0.120 e. The highest BCUT2D eigenvalue weighted by Gasteiger charge is 2.18. The monoisotopic (exact) mass is 318 g/mol. The predicted molar refractivity (Wildman–Crippen MR) is 102 cm³/mol. The Morgan fingerprint density at radius 3 is 1.70 bits per heavy atom. The van der Waals surface area contributed by atoms with Crippen LogP contribution in [0.25, 0.3) is 0 Å². The first-order chi connectivity index (χ1) is 11.1. The van der Waals surface area contributed by atoms with Gasteiger partial charge in [0.25, 0.3) is 0 Å². The van der Waals surface area contributed by atoms with Gasteiger partial charge in [0.15, 0.2) is 0 Å². The van der Waals surface area contributed by atoms with Crippen molar-refractivity contribution in [3.05, 3.63) is 30.3 Å². The molecule has 0 heterocycles. The molecule has 0 aliphatic rings. The standard InChI is InChI=1S/C22H38O/c1-4-5-6-7-8-9-10-11-12-13-17-20-22(2,3)23-21-18-15-14-16-19-21/h14-16,18-19H,4-13,17,20H2,1-3H3. The summed E-state index contributed by atoms with van der Waals surface area (Å²) in [6, 6.07) is 10.2. The normalized spacial score (nSPS) is 11.6. The van der Waals surface area contributed by atoms with E-state index in [1.165, 1.54) is 70.6 Å². The Balaban J connectivity index is 1.95. The molecule has 23 heavy (non-hydrogen) atoms. The summed E-state index contributed by atoms with van der Waals surface area (Å²) in [5, 5.41) is 0. The summed E-state index contributed by atoms with van der Waals surface area (Å²) in [6.45, 7) is 6.69. The third kappa shape index (κ3) is 11.2. The van der Waals surface area contributed by atoms with Crippen molar-refractivity contribution in [2.75, 3.05) is 0 Å². The zero-order valence-corrected chi connectivity index (χ0v) is 15.8. The molecule has 132 valence electrons. The second-order valence-corrected chi connectivity index (χ2v) is 7.46. The maximum atomic E-state index is 6.09. The largest absolute Gasteiger partial charge is 0.488 e. The van der Waals surface area contributed by atoms with Crippen molar-refractivity contribution in [3.63, 3.8) is 0 Å². The number of rotatable bonds is 14. The van der Waals surface area contributed by atoms with E-state index in [1.807, 2.05) is 30.3 Å². The summed E-state index contributed by atoms with van der Waals surface area (Å²) in [5.41, 5.74) is -0.0549. The molecule has 1 heteroatoms. The van der Waals surface area contributed by atoms with Crippen LogP contribution in [-0.4, -0.2) is 5.60 Å². The summed E-state index contributed by atoms with van der Waals surface area (Å²) in [5.74, 6) is 0.987. The Bertz CT molecular complexity index is 369. The topological polar surface area (TPSA) is 9.23 Å². The molecule has 0 saturated heterocycles. The lowest BCUT2D eigenvalue weighted by atomic mass is 9.99. The second-order valence-electron chi connectivity index (χ2n) is 7.46. The van der Waals surface area contributed by atoms with Crippen molar-refractivity contribution in [1.29, 1.82) is 0 Å². The van der Waals surface area contributed by atoms with Crippen LogP contribution in [0.15, 0.2) is 30.3 Å². The maximum absolute atomic E-state index is 6.09.